The molecule has 14 heavy (non-hydrogen) atoms. The highest BCUT2D eigenvalue weighted by molar-refractivity contribution is 5.15. The molecular formula is C8H14O6. The molecule has 0 bridgehead atoms. The van der Waals surface area contributed by atoms with Gasteiger partial charge in [-0.25, -0.2) is 0 Å². The third kappa shape index (κ3) is 1.36. The second-order valence-electron chi connectivity index (χ2n) is 3.45. The molecule has 0 aromatic rings. The van der Waals surface area contributed by atoms with Crippen LogP contribution in [0.3, 0.4) is 0 Å². The van der Waals surface area contributed by atoms with Crippen LogP contribution in [0.1, 0.15) is 0 Å². The first-order valence-electron chi connectivity index (χ1n) is 4.12. The Hall–Kier alpha value is -0.500. The van der Waals surface area contributed by atoms with Crippen molar-refractivity contribution in [1.29, 1.82) is 0 Å². The van der Waals surface area contributed by atoms with Crippen LogP contribution in [0, 0.1) is 0 Å². The third-order valence-corrected chi connectivity index (χ3v) is 2.62. The van der Waals surface area contributed by atoms with Crippen LogP contribution in [0.4, 0.5) is 0 Å². The number of rotatable bonds is 1. The maximum atomic E-state index is 9.63. The maximum absolute atomic E-state index is 9.63. The van der Waals surface area contributed by atoms with Crippen LogP contribution in [0.5, 0.6) is 0 Å². The van der Waals surface area contributed by atoms with E-state index < -0.39 is 36.1 Å². The van der Waals surface area contributed by atoms with E-state index in [-0.39, 0.29) is 0 Å². The minimum absolute atomic E-state index is 0.820. The van der Waals surface area contributed by atoms with Crippen molar-refractivity contribution in [3.63, 3.8) is 0 Å². The Balaban J connectivity index is 3.04. The van der Waals surface area contributed by atoms with Gasteiger partial charge in [0.2, 0.25) is 0 Å². The summed E-state index contributed by atoms with van der Waals surface area (Å²) in [6.07, 6.45) is -7.96. The zero-order chi connectivity index (χ0) is 11.1. The Kier molecular flexibility index (Phi) is 2.96. The topological polar surface area (TPSA) is 121 Å². The van der Waals surface area contributed by atoms with Crippen LogP contribution in [-0.4, -0.2) is 66.8 Å². The Bertz CT molecular complexity index is 214. The van der Waals surface area contributed by atoms with Crippen molar-refractivity contribution in [2.24, 2.45) is 0 Å². The number of aliphatic hydroxyl groups excluding tert-OH is 5. The minimum atomic E-state index is -2.22. The quantitative estimate of drug-likeness (QED) is 0.250. The molecule has 1 aliphatic rings. The van der Waals surface area contributed by atoms with Gasteiger partial charge < -0.3 is 30.6 Å². The number of hydrogen-bond acceptors (Lipinski definition) is 6. The van der Waals surface area contributed by atoms with Gasteiger partial charge in [-0.2, -0.15) is 0 Å². The van der Waals surface area contributed by atoms with Gasteiger partial charge in [0.1, 0.15) is 36.1 Å². The average Bonchev–Trinajstić information content (AvgIpc) is 2.21. The van der Waals surface area contributed by atoms with Crippen LogP contribution < -0.4 is 0 Å². The van der Waals surface area contributed by atoms with E-state index in [9.17, 15) is 25.5 Å². The van der Waals surface area contributed by atoms with Gasteiger partial charge in [0.05, 0.1) is 0 Å². The van der Waals surface area contributed by atoms with E-state index in [1.165, 1.54) is 0 Å². The van der Waals surface area contributed by atoms with Gasteiger partial charge in [0.15, 0.2) is 0 Å². The highest BCUT2D eigenvalue weighted by atomic mass is 16.4. The van der Waals surface area contributed by atoms with Gasteiger partial charge in [-0.1, -0.05) is 6.08 Å². The molecule has 82 valence electrons. The Morgan fingerprint density at radius 2 is 1.21 bits per heavy atom. The first-order valence-corrected chi connectivity index (χ1v) is 4.12. The average molecular weight is 206 g/mol. The molecule has 6 nitrogen and oxygen atoms in total. The maximum Gasteiger partial charge on any atom is 0.139 e. The lowest BCUT2D eigenvalue weighted by molar-refractivity contribution is -0.250. The van der Waals surface area contributed by atoms with Crippen molar-refractivity contribution in [2.75, 3.05) is 0 Å². The van der Waals surface area contributed by atoms with Gasteiger partial charge in [-0.3, -0.25) is 0 Å². The molecule has 0 saturated heterocycles. The predicted octanol–water partition coefficient (Wildman–Crippen LogP) is -3.28. The molecule has 1 aliphatic carbocycles. The molecule has 2 unspecified atom stereocenters. The summed E-state index contributed by atoms with van der Waals surface area (Å²) in [5.74, 6) is 0. The lowest BCUT2D eigenvalue weighted by Gasteiger charge is -2.46. The highest BCUT2D eigenvalue weighted by Gasteiger charge is 2.55. The molecule has 6 atom stereocenters. The van der Waals surface area contributed by atoms with Gasteiger partial charge in [0.25, 0.3) is 0 Å². The zero-order valence-electron chi connectivity index (χ0n) is 7.35. The summed E-state index contributed by atoms with van der Waals surface area (Å²) in [7, 11) is 0. The lowest BCUT2D eigenvalue weighted by atomic mass is 9.75. The third-order valence-electron chi connectivity index (χ3n) is 2.62. The smallest absolute Gasteiger partial charge is 0.139 e. The van der Waals surface area contributed by atoms with E-state index in [0.29, 0.717) is 0 Å². The largest absolute Gasteiger partial charge is 0.387 e. The molecule has 0 heterocycles. The SMILES string of the molecule is C=CC1(O)[C@H](O)[C@H](O)C(O)[C@H](O)[C@H]1O. The monoisotopic (exact) mass is 206 g/mol. The molecule has 6 heteroatoms. The summed E-state index contributed by atoms with van der Waals surface area (Å²) in [6, 6.07) is 0. The van der Waals surface area contributed by atoms with Crippen LogP contribution in [-0.2, 0) is 0 Å². The standard InChI is InChI=1S/C8H14O6/c1-2-8(14)6(12)4(10)3(9)5(11)7(8)13/h2-7,9-14H,1H2/t3?,4-,5+,6-,7-,8?/m1/s1. The summed E-state index contributed by atoms with van der Waals surface area (Å²) >= 11 is 0. The molecule has 0 radical (unpaired) electrons. The second-order valence-corrected chi connectivity index (χ2v) is 3.45. The molecular weight excluding hydrogens is 192 g/mol. The first-order chi connectivity index (χ1) is 6.36. The van der Waals surface area contributed by atoms with Gasteiger partial charge in [-0.15, -0.1) is 6.58 Å². The van der Waals surface area contributed by atoms with Crippen LogP contribution in [0.25, 0.3) is 0 Å². The van der Waals surface area contributed by atoms with Crippen LogP contribution >= 0.6 is 0 Å². The number of hydrogen-bond donors (Lipinski definition) is 6. The van der Waals surface area contributed by atoms with Crippen LogP contribution in [0.15, 0.2) is 12.7 Å². The van der Waals surface area contributed by atoms with E-state index in [2.05, 4.69) is 6.58 Å². The molecule has 1 rings (SSSR count). The summed E-state index contributed by atoms with van der Waals surface area (Å²) < 4.78 is 0. The Morgan fingerprint density at radius 1 is 0.857 bits per heavy atom. The Labute approximate surface area is 80.4 Å². The van der Waals surface area contributed by atoms with Crippen molar-refractivity contribution in [3.8, 4) is 0 Å². The molecule has 0 aromatic heterocycles. The van der Waals surface area contributed by atoms with Gasteiger partial charge in [-0.05, 0) is 0 Å². The van der Waals surface area contributed by atoms with E-state index >= 15 is 0 Å². The van der Waals surface area contributed by atoms with Gasteiger partial charge >= 0.3 is 0 Å². The molecule has 0 aliphatic heterocycles. The lowest BCUT2D eigenvalue weighted by Crippen LogP contribution is -2.69. The summed E-state index contributed by atoms with van der Waals surface area (Å²) in [5.41, 5.74) is -2.22. The van der Waals surface area contributed by atoms with Crippen molar-refractivity contribution < 1.29 is 30.6 Å². The van der Waals surface area contributed by atoms with Crippen molar-refractivity contribution in [2.45, 2.75) is 36.1 Å². The van der Waals surface area contributed by atoms with Crippen molar-refractivity contribution >= 4 is 0 Å². The number of aliphatic hydroxyl groups is 6. The second kappa shape index (κ2) is 3.58. The fraction of sp³-hybridized carbons (Fsp3) is 0.750. The molecule has 0 amide bonds. The van der Waals surface area contributed by atoms with Crippen molar-refractivity contribution in [1.82, 2.24) is 0 Å². The van der Waals surface area contributed by atoms with E-state index in [1.54, 1.807) is 0 Å². The molecule has 0 spiro atoms. The van der Waals surface area contributed by atoms with E-state index in [0.717, 1.165) is 6.08 Å². The molecule has 1 fully saturated rings. The summed E-state index contributed by atoms with van der Waals surface area (Å²) in [6.45, 7) is 3.18. The van der Waals surface area contributed by atoms with Crippen molar-refractivity contribution in [3.05, 3.63) is 12.7 Å². The van der Waals surface area contributed by atoms with E-state index in [1.807, 2.05) is 0 Å². The summed E-state index contributed by atoms with van der Waals surface area (Å²) in [4.78, 5) is 0. The highest BCUT2D eigenvalue weighted by Crippen LogP contribution is 2.30. The minimum Gasteiger partial charge on any atom is -0.387 e. The van der Waals surface area contributed by atoms with E-state index in [4.69, 9.17) is 5.11 Å². The fourth-order valence-corrected chi connectivity index (χ4v) is 1.54. The zero-order valence-corrected chi connectivity index (χ0v) is 7.35. The predicted molar refractivity (Wildman–Crippen MR) is 45.2 cm³/mol. The normalized spacial score (nSPS) is 54.3. The molecule has 6 N–H and O–H groups in total. The Morgan fingerprint density at radius 3 is 1.50 bits per heavy atom. The molecule has 1 saturated carbocycles. The summed E-state index contributed by atoms with van der Waals surface area (Å²) in [5, 5.41) is 55.9. The van der Waals surface area contributed by atoms with Gasteiger partial charge in [0, 0.05) is 0 Å². The van der Waals surface area contributed by atoms with Crippen LogP contribution in [0.2, 0.25) is 0 Å². The fourth-order valence-electron chi connectivity index (χ4n) is 1.54. The first kappa shape index (κ1) is 11.6. The molecule has 0 aromatic carbocycles.